The van der Waals surface area contributed by atoms with Gasteiger partial charge in [-0.1, -0.05) is 0 Å². The van der Waals surface area contributed by atoms with Crippen LogP contribution >= 0.6 is 0 Å². The summed E-state index contributed by atoms with van der Waals surface area (Å²) in [7, 11) is 0. The highest BCUT2D eigenvalue weighted by atomic mass is 16.6. The number of hydrogen-bond donors (Lipinski definition) is 1. The first-order valence-electron chi connectivity index (χ1n) is 5.16. The lowest BCUT2D eigenvalue weighted by Crippen LogP contribution is -2.17. The quantitative estimate of drug-likeness (QED) is 0.855. The summed E-state index contributed by atoms with van der Waals surface area (Å²) in [5.74, 6) is 1.95. The third-order valence-corrected chi connectivity index (χ3v) is 2.01. The van der Waals surface area contributed by atoms with E-state index in [1.54, 1.807) is 24.5 Å². The summed E-state index contributed by atoms with van der Waals surface area (Å²) in [4.78, 5) is 3.95. The van der Waals surface area contributed by atoms with E-state index in [1.165, 1.54) is 0 Å². The highest BCUT2D eigenvalue weighted by Gasteiger charge is 2.06. The smallest absolute Gasteiger partial charge is 0.290 e. The zero-order chi connectivity index (χ0) is 11.4. The van der Waals surface area contributed by atoms with Crippen LogP contribution in [-0.2, 0) is 6.42 Å². The fourth-order valence-electron chi connectivity index (χ4n) is 1.36. The van der Waals surface area contributed by atoms with Gasteiger partial charge in [-0.3, -0.25) is 4.98 Å². The molecule has 0 aromatic carbocycles. The number of aromatic nitrogens is 1. The van der Waals surface area contributed by atoms with Gasteiger partial charge in [0, 0.05) is 24.7 Å². The molecule has 1 atom stereocenters. The maximum atomic E-state index is 5.68. The Bertz CT molecular complexity index is 437. The topological polar surface area (TPSA) is 61.3 Å². The Morgan fingerprint density at radius 1 is 1.44 bits per heavy atom. The van der Waals surface area contributed by atoms with Gasteiger partial charge in [-0.05, 0) is 25.1 Å². The van der Waals surface area contributed by atoms with E-state index in [0.717, 1.165) is 5.76 Å². The van der Waals surface area contributed by atoms with Crippen molar-refractivity contribution in [3.05, 3.63) is 42.4 Å². The maximum Gasteiger partial charge on any atom is 0.290 e. The highest BCUT2D eigenvalue weighted by Crippen LogP contribution is 2.23. The van der Waals surface area contributed by atoms with Crippen molar-refractivity contribution in [1.29, 1.82) is 0 Å². The minimum absolute atomic E-state index is 0.0809. The minimum atomic E-state index is 0.0809. The molecule has 0 spiro atoms. The predicted molar refractivity (Wildman–Crippen MR) is 60.4 cm³/mol. The lowest BCUT2D eigenvalue weighted by atomic mass is 10.2. The van der Waals surface area contributed by atoms with Crippen molar-refractivity contribution in [2.75, 3.05) is 0 Å². The van der Waals surface area contributed by atoms with Gasteiger partial charge in [0.25, 0.3) is 5.95 Å². The van der Waals surface area contributed by atoms with Crippen LogP contribution < -0.4 is 10.5 Å². The maximum absolute atomic E-state index is 5.68. The standard InChI is InChI=1S/C12H14N2O2/c1-9(13)7-10-4-5-12(15-10)16-11-3-2-6-14-8-11/h2-6,8-9H,7,13H2,1H3. The monoisotopic (exact) mass is 218 g/mol. The molecule has 0 aliphatic carbocycles. The van der Waals surface area contributed by atoms with E-state index in [4.69, 9.17) is 14.9 Å². The summed E-state index contributed by atoms with van der Waals surface area (Å²) in [5, 5.41) is 0. The third-order valence-electron chi connectivity index (χ3n) is 2.01. The normalized spacial score (nSPS) is 12.4. The highest BCUT2D eigenvalue weighted by molar-refractivity contribution is 5.23. The first kappa shape index (κ1) is 10.7. The molecule has 4 heteroatoms. The van der Waals surface area contributed by atoms with Crippen molar-refractivity contribution >= 4 is 0 Å². The lowest BCUT2D eigenvalue weighted by Gasteiger charge is -2.02. The van der Waals surface area contributed by atoms with E-state index in [0.29, 0.717) is 18.1 Å². The van der Waals surface area contributed by atoms with Crippen LogP contribution in [0.1, 0.15) is 12.7 Å². The van der Waals surface area contributed by atoms with E-state index in [2.05, 4.69) is 4.98 Å². The molecule has 0 saturated carbocycles. The van der Waals surface area contributed by atoms with Crippen molar-refractivity contribution in [3.8, 4) is 11.7 Å². The molecule has 0 aliphatic rings. The molecule has 0 fully saturated rings. The van der Waals surface area contributed by atoms with Crippen LogP contribution in [0.15, 0.2) is 41.1 Å². The summed E-state index contributed by atoms with van der Waals surface area (Å²) >= 11 is 0. The van der Waals surface area contributed by atoms with Gasteiger partial charge < -0.3 is 14.9 Å². The van der Waals surface area contributed by atoms with Crippen LogP contribution in [0.5, 0.6) is 11.7 Å². The number of nitrogens with zero attached hydrogens (tertiary/aromatic N) is 1. The van der Waals surface area contributed by atoms with Gasteiger partial charge in [0.05, 0.1) is 6.20 Å². The Kier molecular flexibility index (Phi) is 3.22. The van der Waals surface area contributed by atoms with Crippen LogP contribution in [0.3, 0.4) is 0 Å². The predicted octanol–water partition coefficient (Wildman–Crippen LogP) is 2.36. The van der Waals surface area contributed by atoms with Gasteiger partial charge in [-0.2, -0.15) is 0 Å². The van der Waals surface area contributed by atoms with Crippen molar-refractivity contribution < 1.29 is 9.15 Å². The Morgan fingerprint density at radius 2 is 2.31 bits per heavy atom. The Balaban J connectivity index is 2.03. The average molecular weight is 218 g/mol. The van der Waals surface area contributed by atoms with Gasteiger partial charge in [-0.25, -0.2) is 0 Å². The second-order valence-electron chi connectivity index (χ2n) is 3.69. The van der Waals surface area contributed by atoms with E-state index in [1.807, 2.05) is 19.1 Å². The largest absolute Gasteiger partial charge is 0.430 e. The molecular weight excluding hydrogens is 204 g/mol. The number of pyridine rings is 1. The summed E-state index contributed by atoms with van der Waals surface area (Å²) in [6, 6.07) is 7.36. The molecule has 0 aliphatic heterocycles. The van der Waals surface area contributed by atoms with Gasteiger partial charge in [0.2, 0.25) is 0 Å². The molecule has 2 aromatic heterocycles. The van der Waals surface area contributed by atoms with Crippen molar-refractivity contribution in [3.63, 3.8) is 0 Å². The van der Waals surface area contributed by atoms with Crippen LogP contribution in [0.2, 0.25) is 0 Å². The summed E-state index contributed by atoms with van der Waals surface area (Å²) < 4.78 is 10.9. The fourth-order valence-corrected chi connectivity index (χ4v) is 1.36. The van der Waals surface area contributed by atoms with E-state index in [-0.39, 0.29) is 6.04 Å². The molecule has 2 heterocycles. The first-order chi connectivity index (χ1) is 7.74. The molecular formula is C12H14N2O2. The zero-order valence-corrected chi connectivity index (χ0v) is 9.09. The summed E-state index contributed by atoms with van der Waals surface area (Å²) in [5.41, 5.74) is 5.68. The summed E-state index contributed by atoms with van der Waals surface area (Å²) in [6.45, 7) is 1.93. The lowest BCUT2D eigenvalue weighted by molar-refractivity contribution is 0.329. The fraction of sp³-hybridized carbons (Fsp3) is 0.250. The molecule has 4 nitrogen and oxygen atoms in total. The van der Waals surface area contributed by atoms with E-state index < -0.39 is 0 Å². The second kappa shape index (κ2) is 4.81. The second-order valence-corrected chi connectivity index (χ2v) is 3.69. The molecule has 2 N–H and O–H groups in total. The van der Waals surface area contributed by atoms with Gasteiger partial charge in [0.15, 0.2) is 0 Å². The van der Waals surface area contributed by atoms with Gasteiger partial charge in [0.1, 0.15) is 11.5 Å². The first-order valence-corrected chi connectivity index (χ1v) is 5.16. The van der Waals surface area contributed by atoms with Gasteiger partial charge >= 0.3 is 0 Å². The Hall–Kier alpha value is -1.81. The van der Waals surface area contributed by atoms with Crippen molar-refractivity contribution in [1.82, 2.24) is 4.98 Å². The molecule has 0 amide bonds. The molecule has 0 saturated heterocycles. The molecule has 0 radical (unpaired) electrons. The molecule has 0 bridgehead atoms. The van der Waals surface area contributed by atoms with Crippen molar-refractivity contribution in [2.24, 2.45) is 5.73 Å². The summed E-state index contributed by atoms with van der Waals surface area (Å²) in [6.07, 6.45) is 4.03. The van der Waals surface area contributed by atoms with Crippen LogP contribution in [0.25, 0.3) is 0 Å². The Labute approximate surface area is 94.1 Å². The van der Waals surface area contributed by atoms with Gasteiger partial charge in [-0.15, -0.1) is 0 Å². The molecule has 16 heavy (non-hydrogen) atoms. The Morgan fingerprint density at radius 3 is 3.00 bits per heavy atom. The SMILES string of the molecule is CC(N)Cc1ccc(Oc2cccnc2)o1. The number of nitrogens with two attached hydrogens (primary N) is 1. The minimum Gasteiger partial charge on any atom is -0.430 e. The number of furan rings is 1. The van der Waals surface area contributed by atoms with E-state index >= 15 is 0 Å². The zero-order valence-electron chi connectivity index (χ0n) is 9.09. The molecule has 2 aromatic rings. The average Bonchev–Trinajstić information content (AvgIpc) is 2.66. The molecule has 84 valence electrons. The molecule has 2 rings (SSSR count). The van der Waals surface area contributed by atoms with Crippen LogP contribution in [0.4, 0.5) is 0 Å². The number of hydrogen-bond acceptors (Lipinski definition) is 4. The number of rotatable bonds is 4. The van der Waals surface area contributed by atoms with Crippen LogP contribution in [-0.4, -0.2) is 11.0 Å². The third kappa shape index (κ3) is 2.84. The van der Waals surface area contributed by atoms with Crippen LogP contribution in [0, 0.1) is 0 Å². The van der Waals surface area contributed by atoms with E-state index in [9.17, 15) is 0 Å². The van der Waals surface area contributed by atoms with Crippen molar-refractivity contribution in [2.45, 2.75) is 19.4 Å². The number of ether oxygens (including phenoxy) is 1. The molecule has 1 unspecified atom stereocenters.